The van der Waals surface area contributed by atoms with Gasteiger partial charge in [0.1, 0.15) is 0 Å². The van der Waals surface area contributed by atoms with Crippen LogP contribution in [0.4, 0.5) is 0 Å². The Balaban J connectivity index is -0.000000289. The average molecular weight is 426 g/mol. The molecule has 0 aromatic carbocycles. The van der Waals surface area contributed by atoms with Crippen LogP contribution < -0.4 is 0 Å². The quantitative estimate of drug-likeness (QED) is 0.279. The molecule has 2 fully saturated rings. The second-order valence-electron chi connectivity index (χ2n) is 6.35. The Morgan fingerprint density at radius 3 is 0.852 bits per heavy atom. The largest absolute Gasteiger partial charge is 0.396 e. The fourth-order valence-electron chi connectivity index (χ4n) is 1.13. The van der Waals surface area contributed by atoms with Gasteiger partial charge in [0.25, 0.3) is 23.6 Å². The molecule has 11 heteroatoms. The Morgan fingerprint density at radius 1 is 0.667 bits per heavy atom. The number of amides is 4. The van der Waals surface area contributed by atoms with Gasteiger partial charge in [0.2, 0.25) is 0 Å². The summed E-state index contributed by atoms with van der Waals surface area (Å²) in [5, 5.41) is 33.4. The number of hydroxylamine groups is 4. The summed E-state index contributed by atoms with van der Waals surface area (Å²) in [7, 11) is 0. The van der Waals surface area contributed by atoms with Crippen LogP contribution in [-0.4, -0.2) is 67.6 Å². The Bertz CT molecular complexity index is 397. The van der Waals surface area contributed by atoms with Crippen molar-refractivity contribution in [1.29, 1.82) is 0 Å². The third-order valence-corrected chi connectivity index (χ3v) is 2.78. The van der Waals surface area contributed by atoms with E-state index in [9.17, 15) is 19.2 Å². The summed E-state index contributed by atoms with van der Waals surface area (Å²) >= 11 is 0. The number of nitrogens with zero attached hydrogens (tertiary/aromatic N) is 2. The molecule has 2 saturated heterocycles. The summed E-state index contributed by atoms with van der Waals surface area (Å²) in [5.74, 6) is -1.14. The van der Waals surface area contributed by atoms with Gasteiger partial charge in [-0.25, -0.2) is 0 Å². The van der Waals surface area contributed by atoms with Gasteiger partial charge >= 0.3 is 0 Å². The molecule has 0 aromatic heterocycles. The van der Waals surface area contributed by atoms with E-state index < -0.39 is 23.6 Å². The van der Waals surface area contributed by atoms with Crippen molar-refractivity contribution >= 4 is 23.6 Å². The Hall–Kier alpha value is -1.17. The van der Waals surface area contributed by atoms with E-state index in [1.807, 2.05) is 27.7 Å². The van der Waals surface area contributed by atoms with E-state index in [0.717, 1.165) is 0 Å². The van der Waals surface area contributed by atoms with Crippen molar-refractivity contribution in [2.45, 2.75) is 53.4 Å². The fourth-order valence-corrected chi connectivity index (χ4v) is 1.13. The Labute approximate surface area is 173 Å². The number of hydrogen-bond acceptors (Lipinski definition) is 8. The van der Waals surface area contributed by atoms with E-state index in [4.69, 9.17) is 20.6 Å². The molecule has 0 aromatic rings. The number of rotatable bonds is 2. The van der Waals surface area contributed by atoms with E-state index in [2.05, 4.69) is 0 Å². The van der Waals surface area contributed by atoms with E-state index in [-0.39, 0.29) is 57.5 Å². The van der Waals surface area contributed by atoms with Crippen LogP contribution in [0.3, 0.4) is 0 Å². The van der Waals surface area contributed by atoms with Crippen molar-refractivity contribution in [3.63, 3.8) is 0 Å². The Kier molecular flexibility index (Phi) is 19.2. The van der Waals surface area contributed by atoms with Crippen molar-refractivity contribution in [3.8, 4) is 0 Å². The summed E-state index contributed by atoms with van der Waals surface area (Å²) in [6, 6.07) is 0. The summed E-state index contributed by atoms with van der Waals surface area (Å²) in [6.07, 6.45) is 0.593. The molecule has 0 bridgehead atoms. The summed E-state index contributed by atoms with van der Waals surface area (Å²) in [5.41, 5.74) is 0. The topological polar surface area (TPSA) is 156 Å². The van der Waals surface area contributed by atoms with Gasteiger partial charge in [0, 0.05) is 60.6 Å². The van der Waals surface area contributed by atoms with Gasteiger partial charge in [0.15, 0.2) is 0 Å². The second-order valence-corrected chi connectivity index (χ2v) is 6.35. The second kappa shape index (κ2) is 17.0. The standard InChI is InChI=1S/2C4H5NO3.2C4H10O.Ti/c2*6-3-1-2-4(7)5(3)8;2*1-4(2)3-5;/h2*8H,1-2H2;2*4-5H,3H2,1-2H3;. The molecular weight excluding hydrogens is 396 g/mol. The van der Waals surface area contributed by atoms with Crippen molar-refractivity contribution in [1.82, 2.24) is 10.1 Å². The Morgan fingerprint density at radius 2 is 0.815 bits per heavy atom. The number of hydrogen-bond donors (Lipinski definition) is 4. The minimum Gasteiger partial charge on any atom is -0.396 e. The molecule has 27 heavy (non-hydrogen) atoms. The molecule has 156 valence electrons. The first-order chi connectivity index (χ1) is 12.0. The molecule has 0 radical (unpaired) electrons. The molecule has 0 saturated carbocycles. The zero-order valence-electron chi connectivity index (χ0n) is 16.2. The number of aliphatic hydroxyl groups excluding tert-OH is 2. The van der Waals surface area contributed by atoms with Crippen molar-refractivity contribution in [2.75, 3.05) is 13.2 Å². The number of aliphatic hydroxyl groups is 2. The van der Waals surface area contributed by atoms with Gasteiger partial charge in [-0.15, -0.1) is 0 Å². The van der Waals surface area contributed by atoms with E-state index in [0.29, 0.717) is 25.0 Å². The van der Waals surface area contributed by atoms with Gasteiger partial charge in [-0.1, -0.05) is 27.7 Å². The van der Waals surface area contributed by atoms with Gasteiger partial charge in [0.05, 0.1) is 0 Å². The van der Waals surface area contributed by atoms with Crippen LogP contribution in [0.25, 0.3) is 0 Å². The molecule has 10 nitrogen and oxygen atoms in total. The van der Waals surface area contributed by atoms with Crippen LogP contribution in [0.2, 0.25) is 0 Å². The maximum absolute atomic E-state index is 10.2. The molecule has 2 aliphatic heterocycles. The van der Waals surface area contributed by atoms with Crippen molar-refractivity contribution in [3.05, 3.63) is 0 Å². The first-order valence-corrected chi connectivity index (χ1v) is 8.28. The number of carbonyl (C=O) groups is 4. The van der Waals surface area contributed by atoms with Crippen LogP contribution >= 0.6 is 0 Å². The fraction of sp³-hybridized carbons (Fsp3) is 0.750. The minimum atomic E-state index is -0.505. The predicted octanol–water partition coefficient (Wildman–Crippen LogP) is 0.316. The third kappa shape index (κ3) is 15.6. The van der Waals surface area contributed by atoms with Crippen LogP contribution in [0.1, 0.15) is 53.4 Å². The van der Waals surface area contributed by atoms with Gasteiger partial charge in [-0.05, 0) is 11.8 Å². The zero-order valence-corrected chi connectivity index (χ0v) is 17.8. The average Bonchev–Trinajstić information content (AvgIpc) is 3.06. The first-order valence-electron chi connectivity index (χ1n) is 8.28. The molecule has 0 aliphatic carbocycles. The summed E-state index contributed by atoms with van der Waals surface area (Å²) in [6.45, 7) is 8.50. The van der Waals surface area contributed by atoms with Crippen LogP contribution in [-0.2, 0) is 40.9 Å². The maximum atomic E-state index is 10.2. The van der Waals surface area contributed by atoms with E-state index in [1.165, 1.54) is 0 Å². The van der Waals surface area contributed by atoms with Crippen molar-refractivity contribution < 1.29 is 61.5 Å². The molecular formula is C16H30N2O8Ti. The van der Waals surface area contributed by atoms with Gasteiger partial charge < -0.3 is 10.2 Å². The molecule has 4 N–H and O–H groups in total. The molecule has 2 heterocycles. The maximum Gasteiger partial charge on any atom is 0.253 e. The van der Waals surface area contributed by atoms with Crippen LogP contribution in [0.5, 0.6) is 0 Å². The normalized spacial score (nSPS) is 15.6. The van der Waals surface area contributed by atoms with Crippen LogP contribution in [0, 0.1) is 11.8 Å². The molecule has 0 unspecified atom stereocenters. The molecule has 0 atom stereocenters. The van der Waals surface area contributed by atoms with E-state index in [1.54, 1.807) is 0 Å². The van der Waals surface area contributed by atoms with Crippen LogP contribution in [0.15, 0.2) is 0 Å². The zero-order chi connectivity index (χ0) is 20.9. The first kappa shape index (κ1) is 30.6. The number of carbonyl (C=O) groups excluding carboxylic acids is 4. The van der Waals surface area contributed by atoms with E-state index >= 15 is 0 Å². The molecule has 4 amide bonds. The van der Waals surface area contributed by atoms with Crippen molar-refractivity contribution in [2.24, 2.45) is 11.8 Å². The smallest absolute Gasteiger partial charge is 0.253 e. The predicted molar refractivity (Wildman–Crippen MR) is 89.6 cm³/mol. The third-order valence-electron chi connectivity index (χ3n) is 2.78. The summed E-state index contributed by atoms with van der Waals surface area (Å²) in [4.78, 5) is 41.0. The number of imide groups is 2. The van der Waals surface area contributed by atoms with Gasteiger partial charge in [-0.2, -0.15) is 10.1 Å². The molecule has 0 spiro atoms. The SMILES string of the molecule is CC(C)CO.CC(C)CO.O=C1CCC(=O)N1O.O=C1CCC(=O)N1O.[Ti]. The molecule has 2 rings (SSSR count). The monoisotopic (exact) mass is 426 g/mol. The van der Waals surface area contributed by atoms with Gasteiger partial charge in [-0.3, -0.25) is 29.6 Å². The minimum absolute atomic E-state index is 0. The summed E-state index contributed by atoms with van der Waals surface area (Å²) < 4.78 is 0. The molecule has 2 aliphatic rings.